The average Bonchev–Trinajstić information content (AvgIpc) is 2.79. The maximum Gasteiger partial charge on any atom is 0.347 e. The third kappa shape index (κ3) is 2.69. The van der Waals surface area contributed by atoms with Crippen molar-refractivity contribution in [1.82, 2.24) is 9.78 Å². The molecule has 1 aromatic carbocycles. The maximum absolute atomic E-state index is 12.0. The number of hydrogen-bond donors (Lipinski definition) is 0. The molecule has 0 saturated carbocycles. The highest BCUT2D eigenvalue weighted by Gasteiger charge is 2.15. The van der Waals surface area contributed by atoms with Crippen LogP contribution in [-0.2, 0) is 11.8 Å². The van der Waals surface area contributed by atoms with Gasteiger partial charge in [-0.05, 0) is 31.2 Å². The summed E-state index contributed by atoms with van der Waals surface area (Å²) < 4.78 is 11.4. The minimum Gasteiger partial charge on any atom is -0.465 e. The van der Waals surface area contributed by atoms with Crippen molar-refractivity contribution in [2.24, 2.45) is 7.05 Å². The van der Waals surface area contributed by atoms with Gasteiger partial charge in [0.1, 0.15) is 11.3 Å². The Morgan fingerprint density at radius 1 is 1.15 bits per heavy atom. The highest BCUT2D eigenvalue weighted by Crippen LogP contribution is 2.16. The number of carbonyl (C=O) groups is 2. The van der Waals surface area contributed by atoms with Crippen LogP contribution >= 0.6 is 0 Å². The van der Waals surface area contributed by atoms with Crippen molar-refractivity contribution >= 4 is 11.9 Å². The van der Waals surface area contributed by atoms with Crippen LogP contribution in [0.1, 0.15) is 26.4 Å². The van der Waals surface area contributed by atoms with Crippen LogP contribution < -0.4 is 4.74 Å². The van der Waals surface area contributed by atoms with Crippen LogP contribution in [0.2, 0.25) is 0 Å². The number of hydrogen-bond acceptors (Lipinski definition) is 5. The quantitative estimate of drug-likeness (QED) is 0.629. The lowest BCUT2D eigenvalue weighted by atomic mass is 10.2. The summed E-state index contributed by atoms with van der Waals surface area (Å²) in [5, 5.41) is 3.98. The third-order valence-corrected chi connectivity index (χ3v) is 2.94. The fraction of sp³-hybridized carbons (Fsp3) is 0.214. The van der Waals surface area contributed by atoms with Crippen molar-refractivity contribution in [2.75, 3.05) is 7.11 Å². The Morgan fingerprint density at radius 2 is 1.80 bits per heavy atom. The van der Waals surface area contributed by atoms with Crippen LogP contribution in [0.4, 0.5) is 0 Å². The normalized spacial score (nSPS) is 10.2. The summed E-state index contributed by atoms with van der Waals surface area (Å²) in [4.78, 5) is 23.2. The van der Waals surface area contributed by atoms with Gasteiger partial charge in [0.2, 0.25) is 0 Å². The molecule has 0 aliphatic heterocycles. The first-order valence-electron chi connectivity index (χ1n) is 5.92. The van der Waals surface area contributed by atoms with Gasteiger partial charge in [0.15, 0.2) is 0 Å². The van der Waals surface area contributed by atoms with E-state index < -0.39 is 11.9 Å². The lowest BCUT2D eigenvalue weighted by Gasteiger charge is -2.05. The molecule has 0 amide bonds. The van der Waals surface area contributed by atoms with E-state index in [2.05, 4.69) is 9.84 Å². The molecular weight excluding hydrogens is 260 g/mol. The smallest absolute Gasteiger partial charge is 0.347 e. The Labute approximate surface area is 115 Å². The Bertz CT molecular complexity index is 644. The van der Waals surface area contributed by atoms with Crippen LogP contribution in [0, 0.1) is 6.92 Å². The molecular formula is C14H14N2O4. The number of carbonyl (C=O) groups excluding carboxylic acids is 2. The lowest BCUT2D eigenvalue weighted by Crippen LogP contribution is -2.10. The summed E-state index contributed by atoms with van der Waals surface area (Å²) in [6, 6.07) is 6.14. The first-order chi connectivity index (χ1) is 9.52. The summed E-state index contributed by atoms with van der Waals surface area (Å²) in [5.74, 6) is -0.571. The minimum absolute atomic E-state index is 0.353. The van der Waals surface area contributed by atoms with Crippen molar-refractivity contribution in [1.29, 1.82) is 0 Å². The Balaban J connectivity index is 2.12. The number of ether oxygens (including phenoxy) is 2. The molecule has 0 aliphatic carbocycles. The van der Waals surface area contributed by atoms with Crippen molar-refractivity contribution in [3.05, 3.63) is 47.3 Å². The molecule has 1 heterocycles. The van der Waals surface area contributed by atoms with Crippen molar-refractivity contribution in [3.63, 3.8) is 0 Å². The number of rotatable bonds is 3. The minimum atomic E-state index is -0.485. The van der Waals surface area contributed by atoms with E-state index in [1.807, 2.05) is 0 Å². The van der Waals surface area contributed by atoms with Gasteiger partial charge in [-0.15, -0.1) is 0 Å². The number of esters is 2. The van der Waals surface area contributed by atoms with Crippen LogP contribution in [-0.4, -0.2) is 28.8 Å². The summed E-state index contributed by atoms with van der Waals surface area (Å²) in [5.41, 5.74) is 1.52. The molecule has 20 heavy (non-hydrogen) atoms. The van der Waals surface area contributed by atoms with E-state index in [-0.39, 0.29) is 0 Å². The van der Waals surface area contributed by atoms with Gasteiger partial charge >= 0.3 is 11.9 Å². The highest BCUT2D eigenvalue weighted by atomic mass is 16.5. The highest BCUT2D eigenvalue weighted by molar-refractivity contribution is 5.92. The largest absolute Gasteiger partial charge is 0.465 e. The second-order valence-electron chi connectivity index (χ2n) is 4.17. The van der Waals surface area contributed by atoms with E-state index in [1.54, 1.807) is 18.7 Å². The molecule has 0 aliphatic rings. The molecule has 0 spiro atoms. The number of aryl methyl sites for hydroxylation is 1. The maximum atomic E-state index is 12.0. The van der Waals surface area contributed by atoms with E-state index in [0.29, 0.717) is 16.9 Å². The summed E-state index contributed by atoms with van der Waals surface area (Å²) in [6.07, 6.45) is 1.46. The predicted molar refractivity (Wildman–Crippen MR) is 70.7 cm³/mol. The van der Waals surface area contributed by atoms with E-state index in [0.717, 1.165) is 5.69 Å². The molecule has 0 atom stereocenters. The first kappa shape index (κ1) is 13.8. The molecule has 0 radical (unpaired) electrons. The molecule has 2 rings (SSSR count). The van der Waals surface area contributed by atoms with Crippen LogP contribution in [0.25, 0.3) is 0 Å². The average molecular weight is 274 g/mol. The lowest BCUT2D eigenvalue weighted by molar-refractivity contribution is 0.0600. The fourth-order valence-corrected chi connectivity index (χ4v) is 1.64. The Morgan fingerprint density at radius 3 is 2.30 bits per heavy atom. The van der Waals surface area contributed by atoms with Crippen LogP contribution in [0.3, 0.4) is 0 Å². The monoisotopic (exact) mass is 274 g/mol. The van der Waals surface area contributed by atoms with Gasteiger partial charge in [-0.25, -0.2) is 9.59 Å². The van der Waals surface area contributed by atoms with Gasteiger partial charge in [0.25, 0.3) is 0 Å². The molecule has 0 fully saturated rings. The molecule has 0 saturated heterocycles. The van der Waals surface area contributed by atoms with E-state index in [1.165, 1.54) is 37.6 Å². The Kier molecular flexibility index (Phi) is 3.84. The fourth-order valence-electron chi connectivity index (χ4n) is 1.64. The van der Waals surface area contributed by atoms with E-state index >= 15 is 0 Å². The topological polar surface area (TPSA) is 70.4 Å². The zero-order valence-corrected chi connectivity index (χ0v) is 11.4. The van der Waals surface area contributed by atoms with E-state index in [4.69, 9.17) is 4.74 Å². The zero-order valence-electron chi connectivity index (χ0n) is 11.4. The third-order valence-electron chi connectivity index (χ3n) is 2.94. The van der Waals surface area contributed by atoms with Crippen molar-refractivity contribution < 1.29 is 19.1 Å². The molecule has 104 valence electrons. The van der Waals surface area contributed by atoms with Gasteiger partial charge in [0, 0.05) is 12.7 Å². The zero-order chi connectivity index (χ0) is 14.7. The van der Waals surface area contributed by atoms with Gasteiger partial charge in [-0.2, -0.15) is 5.10 Å². The molecule has 2 aromatic rings. The predicted octanol–water partition coefficient (Wildman–Crippen LogP) is 1.73. The molecule has 6 heteroatoms. The second-order valence-corrected chi connectivity index (χ2v) is 4.17. The van der Waals surface area contributed by atoms with Crippen molar-refractivity contribution in [3.8, 4) is 5.75 Å². The number of benzene rings is 1. The Hall–Kier alpha value is -2.63. The standard InChI is InChI=1S/C14H14N2O4/c1-9-12(8-15-16(9)2)14(18)20-11-6-4-10(5-7-11)13(17)19-3/h4-8H,1-3H3. The molecule has 0 N–H and O–H groups in total. The SMILES string of the molecule is COC(=O)c1ccc(OC(=O)c2cnn(C)c2C)cc1. The number of methoxy groups -OCH3 is 1. The van der Waals surface area contributed by atoms with E-state index in [9.17, 15) is 9.59 Å². The van der Waals surface area contributed by atoms with Gasteiger partial charge < -0.3 is 9.47 Å². The first-order valence-corrected chi connectivity index (χ1v) is 5.92. The van der Waals surface area contributed by atoms with Crippen LogP contribution in [0.5, 0.6) is 5.75 Å². The van der Waals surface area contributed by atoms with Gasteiger partial charge in [0.05, 0.1) is 18.9 Å². The summed E-state index contributed by atoms with van der Waals surface area (Å²) in [7, 11) is 3.05. The van der Waals surface area contributed by atoms with Crippen molar-refractivity contribution in [2.45, 2.75) is 6.92 Å². The van der Waals surface area contributed by atoms with Gasteiger partial charge in [-0.3, -0.25) is 4.68 Å². The number of nitrogens with zero attached hydrogens (tertiary/aromatic N) is 2. The number of aromatic nitrogens is 2. The van der Waals surface area contributed by atoms with Gasteiger partial charge in [-0.1, -0.05) is 0 Å². The molecule has 1 aromatic heterocycles. The van der Waals surface area contributed by atoms with Crippen LogP contribution in [0.15, 0.2) is 30.5 Å². The molecule has 0 unspecified atom stereocenters. The summed E-state index contributed by atoms with van der Waals surface area (Å²) >= 11 is 0. The molecule has 6 nitrogen and oxygen atoms in total. The summed E-state index contributed by atoms with van der Waals surface area (Å²) in [6.45, 7) is 1.78. The molecule has 0 bridgehead atoms. The second kappa shape index (κ2) is 5.56.